The Hall–Kier alpha value is -0.320. The van der Waals surface area contributed by atoms with Crippen LogP contribution in [-0.4, -0.2) is 42.6 Å². The van der Waals surface area contributed by atoms with Crippen LogP contribution < -0.4 is 4.90 Å². The van der Waals surface area contributed by atoms with Crippen molar-refractivity contribution in [3.05, 3.63) is 11.1 Å². The average Bonchev–Trinajstić information content (AvgIpc) is 2.87. The van der Waals surface area contributed by atoms with Gasteiger partial charge in [-0.15, -0.1) is 22.9 Å². The normalized spacial score (nSPS) is 29.3. The summed E-state index contributed by atoms with van der Waals surface area (Å²) < 4.78 is 0. The van der Waals surface area contributed by atoms with Crippen molar-refractivity contribution in [1.29, 1.82) is 0 Å². The number of alkyl halides is 1. The van der Waals surface area contributed by atoms with E-state index in [2.05, 4.69) is 27.2 Å². The Morgan fingerprint density at radius 2 is 2.33 bits per heavy atom. The van der Waals surface area contributed by atoms with Crippen molar-refractivity contribution >= 4 is 28.1 Å². The molecular formula is C13H20ClN3S. The number of hydrogen-bond acceptors (Lipinski definition) is 4. The van der Waals surface area contributed by atoms with E-state index in [9.17, 15) is 0 Å². The molecule has 100 valence electrons. The lowest BCUT2D eigenvalue weighted by Gasteiger charge is -2.45. The number of hydrogen-bond donors (Lipinski definition) is 0. The molecule has 2 aliphatic heterocycles. The highest BCUT2D eigenvalue weighted by Gasteiger charge is 2.34. The Bertz CT molecular complexity index is 409. The summed E-state index contributed by atoms with van der Waals surface area (Å²) in [6, 6.07) is 0.794. The zero-order valence-corrected chi connectivity index (χ0v) is 12.4. The lowest BCUT2D eigenvalue weighted by Crippen LogP contribution is -2.52. The molecule has 2 atom stereocenters. The Morgan fingerprint density at radius 3 is 3.11 bits per heavy atom. The third kappa shape index (κ3) is 2.38. The molecule has 2 unspecified atom stereocenters. The third-order valence-electron chi connectivity index (χ3n) is 4.29. The topological polar surface area (TPSA) is 19.4 Å². The number of halogens is 1. The van der Waals surface area contributed by atoms with Gasteiger partial charge in [-0.1, -0.05) is 0 Å². The number of aromatic nitrogens is 1. The number of nitrogens with zero attached hydrogens (tertiary/aromatic N) is 3. The minimum absolute atomic E-state index is 0.527. The highest BCUT2D eigenvalue weighted by atomic mass is 35.5. The number of likely N-dealkylation sites (tertiary alicyclic amines) is 1. The van der Waals surface area contributed by atoms with Gasteiger partial charge in [-0.3, -0.25) is 0 Å². The van der Waals surface area contributed by atoms with Gasteiger partial charge in [-0.05, 0) is 38.8 Å². The first kappa shape index (κ1) is 12.7. The maximum Gasteiger partial charge on any atom is 0.185 e. The summed E-state index contributed by atoms with van der Waals surface area (Å²) in [7, 11) is 2.28. The molecule has 5 heteroatoms. The summed E-state index contributed by atoms with van der Waals surface area (Å²) in [6.07, 6.45) is 3.99. The zero-order valence-electron chi connectivity index (χ0n) is 10.8. The van der Waals surface area contributed by atoms with Gasteiger partial charge >= 0.3 is 0 Å². The summed E-state index contributed by atoms with van der Waals surface area (Å²) in [5, 5.41) is 3.25. The second-order valence-electron chi connectivity index (χ2n) is 5.44. The van der Waals surface area contributed by atoms with Crippen LogP contribution in [0.1, 0.15) is 25.0 Å². The number of rotatable bonds is 2. The van der Waals surface area contributed by atoms with Gasteiger partial charge in [0.2, 0.25) is 0 Å². The molecule has 2 fully saturated rings. The number of piperidine rings is 2. The van der Waals surface area contributed by atoms with Gasteiger partial charge < -0.3 is 9.80 Å². The molecule has 1 aromatic rings. The molecule has 3 rings (SSSR count). The van der Waals surface area contributed by atoms with Gasteiger partial charge in [0.15, 0.2) is 5.13 Å². The number of anilines is 1. The number of thiazole rings is 1. The first-order valence-electron chi connectivity index (χ1n) is 6.73. The molecule has 18 heavy (non-hydrogen) atoms. The third-order valence-corrected chi connectivity index (χ3v) is 5.52. The maximum absolute atomic E-state index is 5.83. The van der Waals surface area contributed by atoms with Gasteiger partial charge in [0.25, 0.3) is 0 Å². The zero-order chi connectivity index (χ0) is 12.5. The van der Waals surface area contributed by atoms with Crippen LogP contribution in [0.4, 0.5) is 5.13 Å². The van der Waals surface area contributed by atoms with Crippen LogP contribution in [0.5, 0.6) is 0 Å². The van der Waals surface area contributed by atoms with Crippen molar-refractivity contribution in [2.45, 2.75) is 31.2 Å². The first-order valence-corrected chi connectivity index (χ1v) is 8.15. The molecule has 0 saturated carbocycles. The molecule has 2 aliphatic rings. The minimum Gasteiger partial charge on any atom is -0.348 e. The molecule has 0 spiro atoms. The predicted molar refractivity (Wildman–Crippen MR) is 77.6 cm³/mol. The minimum atomic E-state index is 0.527. The molecule has 0 aliphatic carbocycles. The van der Waals surface area contributed by atoms with Crippen molar-refractivity contribution in [2.24, 2.45) is 5.92 Å². The second-order valence-corrected chi connectivity index (χ2v) is 6.54. The first-order chi connectivity index (χ1) is 8.78. The van der Waals surface area contributed by atoms with E-state index in [-0.39, 0.29) is 0 Å². The molecule has 2 saturated heterocycles. The summed E-state index contributed by atoms with van der Waals surface area (Å²) >= 11 is 7.57. The molecule has 0 amide bonds. The van der Waals surface area contributed by atoms with Crippen LogP contribution in [0.25, 0.3) is 0 Å². The standard InChI is InChI=1S/C13H20ClN3S/c1-16-5-2-3-10-8-17(6-4-12(10)16)13-15-11(7-14)9-18-13/h9-10,12H,2-8H2,1H3. The second kappa shape index (κ2) is 5.35. The van der Waals surface area contributed by atoms with E-state index in [0.29, 0.717) is 5.88 Å². The molecule has 1 aromatic heterocycles. The van der Waals surface area contributed by atoms with Gasteiger partial charge in [0, 0.05) is 24.5 Å². The van der Waals surface area contributed by atoms with E-state index in [1.165, 1.54) is 32.4 Å². The lowest BCUT2D eigenvalue weighted by atomic mass is 9.84. The molecule has 0 bridgehead atoms. The highest BCUT2D eigenvalue weighted by molar-refractivity contribution is 7.13. The Kier molecular flexibility index (Phi) is 3.78. The van der Waals surface area contributed by atoms with Crippen LogP contribution in [-0.2, 0) is 5.88 Å². The maximum atomic E-state index is 5.83. The smallest absolute Gasteiger partial charge is 0.185 e. The van der Waals surface area contributed by atoms with Gasteiger partial charge in [0.1, 0.15) is 0 Å². The lowest BCUT2D eigenvalue weighted by molar-refractivity contribution is 0.102. The largest absolute Gasteiger partial charge is 0.348 e. The molecule has 0 aromatic carbocycles. The predicted octanol–water partition coefficient (Wildman–Crippen LogP) is 2.80. The summed E-state index contributed by atoms with van der Waals surface area (Å²) in [5.74, 6) is 1.35. The fraction of sp³-hybridized carbons (Fsp3) is 0.769. The van der Waals surface area contributed by atoms with Crippen LogP contribution >= 0.6 is 22.9 Å². The molecule has 0 N–H and O–H groups in total. The van der Waals surface area contributed by atoms with Crippen molar-refractivity contribution in [1.82, 2.24) is 9.88 Å². The summed E-state index contributed by atoms with van der Waals surface area (Å²) in [4.78, 5) is 9.62. The van der Waals surface area contributed by atoms with Crippen molar-refractivity contribution in [3.8, 4) is 0 Å². The van der Waals surface area contributed by atoms with E-state index in [1.807, 2.05) is 0 Å². The molecular weight excluding hydrogens is 266 g/mol. The quantitative estimate of drug-likeness (QED) is 0.779. The highest BCUT2D eigenvalue weighted by Crippen LogP contribution is 2.33. The van der Waals surface area contributed by atoms with Gasteiger partial charge in [-0.25, -0.2) is 4.98 Å². The van der Waals surface area contributed by atoms with E-state index in [4.69, 9.17) is 11.6 Å². The van der Waals surface area contributed by atoms with Crippen LogP contribution in [0.2, 0.25) is 0 Å². The SMILES string of the molecule is CN1CCCC2CN(c3nc(CCl)cs3)CCC21. The Morgan fingerprint density at radius 1 is 1.44 bits per heavy atom. The Balaban J connectivity index is 1.69. The van der Waals surface area contributed by atoms with E-state index in [0.717, 1.165) is 29.3 Å². The van der Waals surface area contributed by atoms with Crippen LogP contribution in [0.15, 0.2) is 5.38 Å². The van der Waals surface area contributed by atoms with Crippen molar-refractivity contribution in [2.75, 3.05) is 31.6 Å². The molecule has 0 radical (unpaired) electrons. The van der Waals surface area contributed by atoms with E-state index in [1.54, 1.807) is 11.3 Å². The van der Waals surface area contributed by atoms with Gasteiger partial charge in [-0.2, -0.15) is 0 Å². The fourth-order valence-corrected chi connectivity index (χ4v) is 4.42. The fourth-order valence-electron chi connectivity index (χ4n) is 3.33. The van der Waals surface area contributed by atoms with Crippen molar-refractivity contribution in [3.63, 3.8) is 0 Å². The van der Waals surface area contributed by atoms with Crippen LogP contribution in [0.3, 0.4) is 0 Å². The Labute approximate surface area is 118 Å². The van der Waals surface area contributed by atoms with E-state index >= 15 is 0 Å². The van der Waals surface area contributed by atoms with E-state index < -0.39 is 0 Å². The summed E-state index contributed by atoms with van der Waals surface area (Å²) in [6.45, 7) is 3.58. The van der Waals surface area contributed by atoms with Crippen LogP contribution in [0, 0.1) is 5.92 Å². The summed E-state index contributed by atoms with van der Waals surface area (Å²) in [5.41, 5.74) is 1.01. The molecule has 3 heterocycles. The molecule has 3 nitrogen and oxygen atoms in total. The number of fused-ring (bicyclic) bond motifs is 1. The van der Waals surface area contributed by atoms with Crippen molar-refractivity contribution < 1.29 is 0 Å². The monoisotopic (exact) mass is 285 g/mol. The average molecular weight is 286 g/mol. The van der Waals surface area contributed by atoms with Gasteiger partial charge in [0.05, 0.1) is 11.6 Å².